The van der Waals surface area contributed by atoms with Gasteiger partial charge in [-0.05, 0) is 49.4 Å². The monoisotopic (exact) mass is 313 g/mol. The maximum Gasteiger partial charge on any atom is 0.254 e. The second-order valence-corrected chi connectivity index (χ2v) is 6.36. The molecule has 122 valence electrons. The first-order chi connectivity index (χ1) is 11.1. The van der Waals surface area contributed by atoms with Gasteiger partial charge in [-0.1, -0.05) is 6.92 Å². The fourth-order valence-electron chi connectivity index (χ4n) is 3.29. The van der Waals surface area contributed by atoms with E-state index in [1.165, 1.54) is 6.33 Å². The standard InChI is InChI=1S/C17H23N5O/c1-12-5-6-21(15(7-12)9-18)17(23)14-3-4-16(13(2)8-14)22-11-19-10-20-22/h3-4,8,10-12,15H,5-7,9,18H2,1-2H3. The lowest BCUT2D eigenvalue weighted by Gasteiger charge is -2.38. The molecule has 2 atom stereocenters. The molecule has 0 saturated carbocycles. The van der Waals surface area contributed by atoms with Gasteiger partial charge in [0.05, 0.1) is 5.69 Å². The molecular weight excluding hydrogens is 290 g/mol. The van der Waals surface area contributed by atoms with Crippen molar-refractivity contribution in [2.45, 2.75) is 32.7 Å². The number of carbonyl (C=O) groups excluding carboxylic acids is 1. The zero-order valence-corrected chi connectivity index (χ0v) is 13.6. The van der Waals surface area contributed by atoms with Gasteiger partial charge in [0.25, 0.3) is 5.91 Å². The van der Waals surface area contributed by atoms with Gasteiger partial charge in [-0.25, -0.2) is 9.67 Å². The zero-order chi connectivity index (χ0) is 16.4. The van der Waals surface area contributed by atoms with Crippen LogP contribution in [0.1, 0.15) is 35.7 Å². The molecule has 1 fully saturated rings. The highest BCUT2D eigenvalue weighted by atomic mass is 16.2. The number of aryl methyl sites for hydroxylation is 1. The molecule has 1 aromatic heterocycles. The predicted octanol–water partition coefficient (Wildman–Crippen LogP) is 1.78. The molecule has 0 spiro atoms. The number of aromatic nitrogens is 3. The van der Waals surface area contributed by atoms with Crippen LogP contribution < -0.4 is 5.73 Å². The van der Waals surface area contributed by atoms with E-state index < -0.39 is 0 Å². The average Bonchev–Trinajstić information content (AvgIpc) is 3.08. The van der Waals surface area contributed by atoms with Crippen molar-refractivity contribution in [1.82, 2.24) is 19.7 Å². The summed E-state index contributed by atoms with van der Waals surface area (Å²) in [5.41, 5.74) is 8.51. The second kappa shape index (κ2) is 6.50. The van der Waals surface area contributed by atoms with E-state index in [0.717, 1.165) is 30.6 Å². The SMILES string of the molecule is Cc1cc(C(=O)N2CCC(C)CC2CN)ccc1-n1cncn1. The molecule has 1 aromatic carbocycles. The van der Waals surface area contributed by atoms with Crippen molar-refractivity contribution < 1.29 is 4.79 Å². The van der Waals surface area contributed by atoms with Crippen LogP contribution in [0, 0.1) is 12.8 Å². The van der Waals surface area contributed by atoms with E-state index in [-0.39, 0.29) is 11.9 Å². The van der Waals surface area contributed by atoms with E-state index >= 15 is 0 Å². The zero-order valence-electron chi connectivity index (χ0n) is 13.6. The summed E-state index contributed by atoms with van der Waals surface area (Å²) < 4.78 is 1.70. The van der Waals surface area contributed by atoms with Gasteiger partial charge in [0.2, 0.25) is 0 Å². The Morgan fingerprint density at radius 1 is 1.43 bits per heavy atom. The first-order valence-corrected chi connectivity index (χ1v) is 8.07. The summed E-state index contributed by atoms with van der Waals surface area (Å²) in [6.45, 7) is 5.51. The van der Waals surface area contributed by atoms with Crippen LogP contribution in [0.15, 0.2) is 30.9 Å². The molecule has 1 aliphatic heterocycles. The van der Waals surface area contributed by atoms with Gasteiger partial charge in [0.1, 0.15) is 12.7 Å². The van der Waals surface area contributed by atoms with Crippen LogP contribution in [0.25, 0.3) is 5.69 Å². The molecule has 2 N–H and O–H groups in total. The summed E-state index contributed by atoms with van der Waals surface area (Å²) in [6, 6.07) is 5.84. The van der Waals surface area contributed by atoms with Crippen LogP contribution in [0.2, 0.25) is 0 Å². The predicted molar refractivity (Wildman–Crippen MR) is 88.4 cm³/mol. The van der Waals surface area contributed by atoms with Crippen molar-refractivity contribution in [2.75, 3.05) is 13.1 Å². The summed E-state index contributed by atoms with van der Waals surface area (Å²) in [5, 5.41) is 4.14. The lowest BCUT2D eigenvalue weighted by atomic mass is 9.91. The Bertz CT molecular complexity index is 682. The summed E-state index contributed by atoms with van der Waals surface area (Å²) in [4.78, 5) is 18.8. The molecule has 6 heteroatoms. The molecule has 3 rings (SSSR count). The van der Waals surface area contributed by atoms with Crippen LogP contribution >= 0.6 is 0 Å². The maximum atomic E-state index is 12.9. The minimum Gasteiger partial charge on any atom is -0.334 e. The minimum atomic E-state index is 0.0700. The van der Waals surface area contributed by atoms with Crippen molar-refractivity contribution in [3.8, 4) is 5.69 Å². The highest BCUT2D eigenvalue weighted by Crippen LogP contribution is 2.24. The number of hydrogen-bond acceptors (Lipinski definition) is 4. The molecule has 2 aromatic rings. The van der Waals surface area contributed by atoms with E-state index in [1.54, 1.807) is 11.0 Å². The maximum absolute atomic E-state index is 12.9. The van der Waals surface area contributed by atoms with Gasteiger partial charge in [-0.2, -0.15) is 5.10 Å². The molecule has 2 heterocycles. The van der Waals surface area contributed by atoms with Crippen molar-refractivity contribution in [2.24, 2.45) is 11.7 Å². The largest absolute Gasteiger partial charge is 0.334 e. The summed E-state index contributed by atoms with van der Waals surface area (Å²) in [7, 11) is 0. The van der Waals surface area contributed by atoms with Gasteiger partial charge >= 0.3 is 0 Å². The Labute approximate surface area is 136 Å². The summed E-state index contributed by atoms with van der Waals surface area (Å²) in [6.07, 6.45) is 5.18. The van der Waals surface area contributed by atoms with Crippen molar-refractivity contribution in [3.05, 3.63) is 42.0 Å². The normalized spacial score (nSPS) is 21.4. The molecular formula is C17H23N5O. The van der Waals surface area contributed by atoms with Crippen molar-refractivity contribution in [3.63, 3.8) is 0 Å². The Morgan fingerprint density at radius 3 is 2.91 bits per heavy atom. The van der Waals surface area contributed by atoms with E-state index in [4.69, 9.17) is 5.73 Å². The molecule has 0 radical (unpaired) electrons. The van der Waals surface area contributed by atoms with Crippen LogP contribution in [-0.2, 0) is 0 Å². The smallest absolute Gasteiger partial charge is 0.254 e. The number of piperidine rings is 1. The van der Waals surface area contributed by atoms with Crippen LogP contribution in [0.3, 0.4) is 0 Å². The number of carbonyl (C=O) groups is 1. The lowest BCUT2D eigenvalue weighted by molar-refractivity contribution is 0.0573. The molecule has 0 bridgehead atoms. The Hall–Kier alpha value is -2.21. The third-order valence-corrected chi connectivity index (χ3v) is 4.62. The van der Waals surface area contributed by atoms with Gasteiger partial charge in [-0.3, -0.25) is 4.79 Å². The molecule has 6 nitrogen and oxygen atoms in total. The molecule has 1 amide bonds. The van der Waals surface area contributed by atoms with Gasteiger partial charge in [-0.15, -0.1) is 0 Å². The van der Waals surface area contributed by atoms with E-state index in [9.17, 15) is 4.79 Å². The van der Waals surface area contributed by atoms with Crippen molar-refractivity contribution >= 4 is 5.91 Å². The number of nitrogens with zero attached hydrogens (tertiary/aromatic N) is 4. The highest BCUT2D eigenvalue weighted by Gasteiger charge is 2.29. The van der Waals surface area contributed by atoms with Gasteiger partial charge in [0, 0.05) is 24.7 Å². The summed E-state index contributed by atoms with van der Waals surface area (Å²) in [5.74, 6) is 0.699. The van der Waals surface area contributed by atoms with Crippen LogP contribution in [0.5, 0.6) is 0 Å². The number of benzene rings is 1. The molecule has 0 aliphatic carbocycles. The van der Waals surface area contributed by atoms with E-state index in [2.05, 4.69) is 17.0 Å². The van der Waals surface area contributed by atoms with Gasteiger partial charge < -0.3 is 10.6 Å². The Kier molecular flexibility index (Phi) is 4.43. The highest BCUT2D eigenvalue weighted by molar-refractivity contribution is 5.95. The average molecular weight is 313 g/mol. The van der Waals surface area contributed by atoms with Crippen LogP contribution in [-0.4, -0.2) is 44.7 Å². The fourth-order valence-corrected chi connectivity index (χ4v) is 3.29. The van der Waals surface area contributed by atoms with E-state index in [1.807, 2.05) is 30.0 Å². The van der Waals surface area contributed by atoms with Gasteiger partial charge in [0.15, 0.2) is 0 Å². The topological polar surface area (TPSA) is 77.0 Å². The number of hydrogen-bond donors (Lipinski definition) is 1. The minimum absolute atomic E-state index is 0.0700. The van der Waals surface area contributed by atoms with E-state index in [0.29, 0.717) is 18.0 Å². The third kappa shape index (κ3) is 3.12. The number of amides is 1. The molecule has 1 aliphatic rings. The molecule has 2 unspecified atom stereocenters. The number of nitrogens with two attached hydrogens (primary N) is 1. The number of rotatable bonds is 3. The Morgan fingerprint density at radius 2 is 2.26 bits per heavy atom. The summed E-state index contributed by atoms with van der Waals surface area (Å²) >= 11 is 0. The quantitative estimate of drug-likeness (QED) is 0.937. The Balaban J connectivity index is 1.84. The fraction of sp³-hybridized carbons (Fsp3) is 0.471. The first kappa shape index (κ1) is 15.7. The molecule has 23 heavy (non-hydrogen) atoms. The van der Waals surface area contributed by atoms with Crippen molar-refractivity contribution in [1.29, 1.82) is 0 Å². The third-order valence-electron chi connectivity index (χ3n) is 4.62. The second-order valence-electron chi connectivity index (χ2n) is 6.36. The molecule has 1 saturated heterocycles. The first-order valence-electron chi connectivity index (χ1n) is 8.07. The lowest BCUT2D eigenvalue weighted by Crippen LogP contribution is -2.49. The van der Waals surface area contributed by atoms with Crippen LogP contribution in [0.4, 0.5) is 0 Å². The number of likely N-dealkylation sites (tertiary alicyclic amines) is 1.